The normalized spacial score (nSPS) is 20.6. The summed E-state index contributed by atoms with van der Waals surface area (Å²) in [7, 11) is 0. The molecular formula is C29H28N4O4. The molecule has 2 aliphatic heterocycles. The van der Waals surface area contributed by atoms with Gasteiger partial charge in [0.25, 0.3) is 0 Å². The molecule has 4 aromatic rings. The van der Waals surface area contributed by atoms with Gasteiger partial charge in [-0.2, -0.15) is 0 Å². The van der Waals surface area contributed by atoms with Crippen LogP contribution in [-0.2, 0) is 0 Å². The molecule has 6 rings (SSSR count). The third kappa shape index (κ3) is 4.55. The Morgan fingerprint density at radius 1 is 0.865 bits per heavy atom. The summed E-state index contributed by atoms with van der Waals surface area (Å²) in [6, 6.07) is 17.5. The number of hydrogen-bond donors (Lipinski definition) is 0. The molecule has 8 heteroatoms. The van der Waals surface area contributed by atoms with Crippen molar-refractivity contribution in [3.05, 3.63) is 78.4 Å². The Morgan fingerprint density at radius 3 is 2.41 bits per heavy atom. The molecule has 0 saturated carbocycles. The molecule has 2 aromatic heterocycles. The minimum absolute atomic E-state index is 0.0549. The predicted molar refractivity (Wildman–Crippen MR) is 138 cm³/mol. The van der Waals surface area contributed by atoms with Gasteiger partial charge in [0.1, 0.15) is 18.2 Å². The molecule has 2 aromatic carbocycles. The lowest BCUT2D eigenvalue weighted by atomic mass is 10.0. The smallest absolute Gasteiger partial charge is 0.415 e. The van der Waals surface area contributed by atoms with E-state index in [9.17, 15) is 4.79 Å². The van der Waals surface area contributed by atoms with Gasteiger partial charge in [-0.25, -0.2) is 14.8 Å². The Bertz CT molecular complexity index is 1440. The standard InChI is InChI=1S/C29H28N4O4/c1-18-27(31-17-32-28(18)36-25-11-6-14-30-19(25)2)35-23-15-21-12-13-22(16-23)33(21)29(34)37-26-10-5-8-20-7-3-4-9-24(20)26/h3-11,14,17,21-23H,12-13,15-16H2,1-2H3. The molecule has 2 bridgehead atoms. The maximum Gasteiger partial charge on any atom is 0.415 e. The monoisotopic (exact) mass is 496 g/mol. The van der Waals surface area contributed by atoms with E-state index in [0.717, 1.165) is 47.7 Å². The minimum Gasteiger partial charge on any atom is -0.474 e. The van der Waals surface area contributed by atoms with Gasteiger partial charge in [-0.05, 0) is 50.3 Å². The second kappa shape index (κ2) is 9.69. The van der Waals surface area contributed by atoms with Crippen molar-refractivity contribution in [3.8, 4) is 23.3 Å². The number of carbonyl (C=O) groups excluding carboxylic acids is 1. The molecule has 2 fully saturated rings. The molecule has 1 amide bonds. The third-order valence-electron chi connectivity index (χ3n) is 7.28. The zero-order valence-electron chi connectivity index (χ0n) is 20.8. The molecule has 0 radical (unpaired) electrons. The van der Waals surface area contributed by atoms with Crippen LogP contribution in [0.15, 0.2) is 67.1 Å². The Morgan fingerprint density at radius 2 is 1.59 bits per heavy atom. The summed E-state index contributed by atoms with van der Waals surface area (Å²) < 4.78 is 18.3. The van der Waals surface area contributed by atoms with Crippen molar-refractivity contribution in [1.82, 2.24) is 19.9 Å². The van der Waals surface area contributed by atoms with Crippen molar-refractivity contribution < 1.29 is 19.0 Å². The van der Waals surface area contributed by atoms with E-state index in [4.69, 9.17) is 14.2 Å². The molecule has 2 atom stereocenters. The number of hydrogen-bond acceptors (Lipinski definition) is 7. The number of pyridine rings is 1. The Hall–Kier alpha value is -4.20. The summed E-state index contributed by atoms with van der Waals surface area (Å²) in [5, 5.41) is 1.98. The van der Waals surface area contributed by atoms with Crippen LogP contribution in [0.3, 0.4) is 0 Å². The number of aryl methyl sites for hydroxylation is 1. The summed E-state index contributed by atoms with van der Waals surface area (Å²) in [4.78, 5) is 28.1. The van der Waals surface area contributed by atoms with Crippen LogP contribution in [0.4, 0.5) is 4.79 Å². The fourth-order valence-electron chi connectivity index (χ4n) is 5.43. The zero-order valence-corrected chi connectivity index (χ0v) is 20.8. The molecule has 188 valence electrons. The van der Waals surface area contributed by atoms with Gasteiger partial charge in [-0.3, -0.25) is 4.98 Å². The molecule has 0 N–H and O–H groups in total. The quantitative estimate of drug-likeness (QED) is 0.334. The summed E-state index contributed by atoms with van der Waals surface area (Å²) in [6.07, 6.45) is 6.16. The van der Waals surface area contributed by atoms with E-state index in [-0.39, 0.29) is 24.3 Å². The fourth-order valence-corrected chi connectivity index (χ4v) is 5.43. The molecule has 2 saturated heterocycles. The van der Waals surface area contributed by atoms with Crippen LogP contribution in [0, 0.1) is 13.8 Å². The van der Waals surface area contributed by atoms with Gasteiger partial charge in [-0.15, -0.1) is 0 Å². The lowest BCUT2D eigenvalue weighted by molar-refractivity contribution is 0.0504. The van der Waals surface area contributed by atoms with Crippen molar-refractivity contribution in [1.29, 1.82) is 0 Å². The molecule has 0 aliphatic carbocycles. The average Bonchev–Trinajstić information content (AvgIpc) is 3.18. The third-order valence-corrected chi connectivity index (χ3v) is 7.28. The number of rotatable bonds is 5. The first-order valence-corrected chi connectivity index (χ1v) is 12.6. The molecule has 0 spiro atoms. The second-order valence-electron chi connectivity index (χ2n) is 9.65. The van der Waals surface area contributed by atoms with E-state index < -0.39 is 0 Å². The molecular weight excluding hydrogens is 468 g/mol. The number of ether oxygens (including phenoxy) is 3. The molecule has 2 unspecified atom stereocenters. The average molecular weight is 497 g/mol. The van der Waals surface area contributed by atoms with Crippen LogP contribution in [0.2, 0.25) is 0 Å². The Labute approximate surface area is 215 Å². The van der Waals surface area contributed by atoms with Gasteiger partial charge in [0.15, 0.2) is 5.75 Å². The Kier molecular flexibility index (Phi) is 6.08. The van der Waals surface area contributed by atoms with Crippen molar-refractivity contribution in [2.45, 2.75) is 57.7 Å². The zero-order chi connectivity index (χ0) is 25.4. The molecule has 4 heterocycles. The van der Waals surface area contributed by atoms with Crippen LogP contribution >= 0.6 is 0 Å². The maximum atomic E-state index is 13.3. The maximum absolute atomic E-state index is 13.3. The predicted octanol–water partition coefficient (Wildman–Crippen LogP) is 6.01. The van der Waals surface area contributed by atoms with Crippen molar-refractivity contribution in [3.63, 3.8) is 0 Å². The van der Waals surface area contributed by atoms with Crippen LogP contribution in [-0.4, -0.2) is 44.1 Å². The van der Waals surface area contributed by atoms with E-state index in [1.165, 1.54) is 6.33 Å². The first-order valence-electron chi connectivity index (χ1n) is 12.6. The highest BCUT2D eigenvalue weighted by Gasteiger charge is 2.45. The van der Waals surface area contributed by atoms with E-state index in [1.54, 1.807) is 6.20 Å². The van der Waals surface area contributed by atoms with E-state index >= 15 is 0 Å². The highest BCUT2D eigenvalue weighted by Crippen LogP contribution is 2.39. The second-order valence-corrected chi connectivity index (χ2v) is 9.65. The number of fused-ring (bicyclic) bond motifs is 3. The molecule has 8 nitrogen and oxygen atoms in total. The summed E-state index contributed by atoms with van der Waals surface area (Å²) >= 11 is 0. The first-order chi connectivity index (χ1) is 18.1. The number of amides is 1. The summed E-state index contributed by atoms with van der Waals surface area (Å²) in [6.45, 7) is 3.78. The van der Waals surface area contributed by atoms with Crippen LogP contribution in [0.25, 0.3) is 10.8 Å². The van der Waals surface area contributed by atoms with Gasteiger partial charge >= 0.3 is 6.09 Å². The number of nitrogens with zero attached hydrogens (tertiary/aromatic N) is 4. The number of piperidine rings is 1. The van der Waals surface area contributed by atoms with Crippen molar-refractivity contribution in [2.24, 2.45) is 0 Å². The first kappa shape index (κ1) is 23.2. The van der Waals surface area contributed by atoms with E-state index in [2.05, 4.69) is 15.0 Å². The highest BCUT2D eigenvalue weighted by atomic mass is 16.6. The molecule has 2 aliphatic rings. The lowest BCUT2D eigenvalue weighted by Crippen LogP contribution is -2.50. The van der Waals surface area contributed by atoms with Gasteiger partial charge in [-0.1, -0.05) is 36.4 Å². The van der Waals surface area contributed by atoms with Gasteiger partial charge in [0.05, 0.1) is 11.3 Å². The van der Waals surface area contributed by atoms with Crippen molar-refractivity contribution in [2.75, 3.05) is 0 Å². The Balaban J connectivity index is 1.14. The van der Waals surface area contributed by atoms with Crippen LogP contribution < -0.4 is 14.2 Å². The van der Waals surface area contributed by atoms with Gasteiger partial charge in [0.2, 0.25) is 11.8 Å². The van der Waals surface area contributed by atoms with E-state index in [0.29, 0.717) is 23.3 Å². The largest absolute Gasteiger partial charge is 0.474 e. The topological polar surface area (TPSA) is 86.7 Å². The van der Waals surface area contributed by atoms with E-state index in [1.807, 2.05) is 73.3 Å². The van der Waals surface area contributed by atoms with Crippen molar-refractivity contribution >= 4 is 16.9 Å². The SMILES string of the molecule is Cc1ncccc1Oc1ncnc(OC2CC3CCC(C2)N3C(=O)Oc2cccc3ccccc23)c1C. The molecule has 37 heavy (non-hydrogen) atoms. The number of aromatic nitrogens is 3. The van der Waals surface area contributed by atoms with Crippen LogP contribution in [0.1, 0.15) is 36.9 Å². The van der Waals surface area contributed by atoms with Gasteiger partial charge < -0.3 is 19.1 Å². The lowest BCUT2D eigenvalue weighted by Gasteiger charge is -2.38. The highest BCUT2D eigenvalue weighted by molar-refractivity contribution is 5.90. The van der Waals surface area contributed by atoms with Crippen LogP contribution in [0.5, 0.6) is 23.3 Å². The number of carbonyl (C=O) groups is 1. The number of benzene rings is 2. The van der Waals surface area contributed by atoms with Gasteiger partial charge in [0, 0.05) is 36.5 Å². The summed E-state index contributed by atoms with van der Waals surface area (Å²) in [5.41, 5.74) is 1.51. The fraction of sp³-hybridized carbons (Fsp3) is 0.310. The summed E-state index contributed by atoms with van der Waals surface area (Å²) in [5.74, 6) is 2.18. The minimum atomic E-state index is -0.289.